The monoisotopic (exact) mass is 228 g/mol. The summed E-state index contributed by atoms with van der Waals surface area (Å²) in [5.74, 6) is 0. The van der Waals surface area contributed by atoms with Crippen molar-refractivity contribution in [3.8, 4) is 0 Å². The number of H-pyrrole nitrogens is 2. The van der Waals surface area contributed by atoms with E-state index in [0.717, 1.165) is 0 Å². The van der Waals surface area contributed by atoms with Gasteiger partial charge in [0, 0.05) is 12.6 Å². The molecule has 1 saturated heterocycles. The zero-order chi connectivity index (χ0) is 11.7. The molecule has 0 unspecified atom stereocenters. The van der Waals surface area contributed by atoms with Gasteiger partial charge in [0.15, 0.2) is 0 Å². The van der Waals surface area contributed by atoms with Crippen LogP contribution in [0, 0.1) is 0 Å². The van der Waals surface area contributed by atoms with Crippen LogP contribution in [0.1, 0.15) is 18.1 Å². The number of nitrogens with one attached hydrogen (secondary N) is 2. The van der Waals surface area contributed by atoms with Crippen LogP contribution in [0.4, 0.5) is 0 Å². The van der Waals surface area contributed by atoms with Crippen LogP contribution in [-0.2, 0) is 4.74 Å². The standard InChI is InChI=1S/C9H12N2O5/c12-3-4-1-6(13)7(16-4)5-2-10-9(15)11-8(5)14/h2,4,6-7,12-13H,1,3H2,(H2,10,11,14,15)/t4-,6+,7-/m0/s1. The average Bonchev–Trinajstić information content (AvgIpc) is 2.60. The quantitative estimate of drug-likeness (QED) is 0.479. The second-order valence-electron chi connectivity index (χ2n) is 3.69. The maximum Gasteiger partial charge on any atom is 0.325 e. The third-order valence-electron chi connectivity index (χ3n) is 2.55. The highest BCUT2D eigenvalue weighted by atomic mass is 16.5. The minimum absolute atomic E-state index is 0.156. The molecular formula is C9H12N2O5. The summed E-state index contributed by atoms with van der Waals surface area (Å²) >= 11 is 0. The smallest absolute Gasteiger partial charge is 0.325 e. The van der Waals surface area contributed by atoms with Gasteiger partial charge in [0.05, 0.1) is 24.4 Å². The van der Waals surface area contributed by atoms with Gasteiger partial charge in [-0.05, 0) is 0 Å². The van der Waals surface area contributed by atoms with E-state index < -0.39 is 29.6 Å². The van der Waals surface area contributed by atoms with Crippen LogP contribution in [-0.4, -0.2) is 39.0 Å². The Labute approximate surface area is 89.7 Å². The van der Waals surface area contributed by atoms with Crippen LogP contribution in [0.5, 0.6) is 0 Å². The molecule has 0 bridgehead atoms. The van der Waals surface area contributed by atoms with Gasteiger partial charge in [0.25, 0.3) is 5.56 Å². The number of hydrogen-bond donors (Lipinski definition) is 4. The van der Waals surface area contributed by atoms with Crippen LogP contribution >= 0.6 is 0 Å². The van der Waals surface area contributed by atoms with Gasteiger partial charge in [-0.3, -0.25) is 9.78 Å². The van der Waals surface area contributed by atoms with Crippen molar-refractivity contribution in [3.05, 3.63) is 32.6 Å². The summed E-state index contributed by atoms with van der Waals surface area (Å²) in [6.07, 6.45) is -0.664. The first-order chi connectivity index (χ1) is 7.61. The van der Waals surface area contributed by atoms with E-state index in [4.69, 9.17) is 9.84 Å². The number of aliphatic hydroxyl groups excluding tert-OH is 2. The maximum atomic E-state index is 11.4. The van der Waals surface area contributed by atoms with Crippen LogP contribution < -0.4 is 11.2 Å². The van der Waals surface area contributed by atoms with Crippen LogP contribution in [0.2, 0.25) is 0 Å². The number of aromatic nitrogens is 2. The molecule has 1 aromatic heterocycles. The largest absolute Gasteiger partial charge is 0.394 e. The molecule has 1 aliphatic rings. The fourth-order valence-corrected chi connectivity index (χ4v) is 1.78. The van der Waals surface area contributed by atoms with E-state index in [-0.39, 0.29) is 18.6 Å². The van der Waals surface area contributed by atoms with E-state index in [2.05, 4.69) is 4.98 Å². The van der Waals surface area contributed by atoms with Crippen molar-refractivity contribution in [2.24, 2.45) is 0 Å². The van der Waals surface area contributed by atoms with E-state index in [1.165, 1.54) is 6.20 Å². The molecule has 2 rings (SSSR count). The van der Waals surface area contributed by atoms with Crippen molar-refractivity contribution in [1.29, 1.82) is 0 Å². The van der Waals surface area contributed by atoms with Gasteiger partial charge in [0.1, 0.15) is 6.10 Å². The second-order valence-corrected chi connectivity index (χ2v) is 3.69. The van der Waals surface area contributed by atoms with Gasteiger partial charge >= 0.3 is 5.69 Å². The summed E-state index contributed by atoms with van der Waals surface area (Å²) in [6.45, 7) is -0.213. The Hall–Kier alpha value is -1.44. The van der Waals surface area contributed by atoms with Crippen LogP contribution in [0.25, 0.3) is 0 Å². The van der Waals surface area contributed by atoms with Crippen molar-refractivity contribution in [2.45, 2.75) is 24.7 Å². The number of aromatic amines is 2. The van der Waals surface area contributed by atoms with Gasteiger partial charge in [-0.1, -0.05) is 0 Å². The molecule has 1 aliphatic heterocycles. The first-order valence-corrected chi connectivity index (χ1v) is 4.88. The Kier molecular flexibility index (Phi) is 2.90. The molecule has 1 aromatic rings. The molecule has 0 saturated carbocycles. The zero-order valence-electron chi connectivity index (χ0n) is 8.34. The highest BCUT2D eigenvalue weighted by molar-refractivity contribution is 5.11. The molecule has 0 spiro atoms. The fourth-order valence-electron chi connectivity index (χ4n) is 1.78. The predicted molar refractivity (Wildman–Crippen MR) is 53.0 cm³/mol. The number of aliphatic hydroxyl groups is 2. The summed E-state index contributed by atoms with van der Waals surface area (Å²) in [5, 5.41) is 18.5. The Morgan fingerprint density at radius 3 is 2.81 bits per heavy atom. The highest BCUT2D eigenvalue weighted by Crippen LogP contribution is 2.30. The Morgan fingerprint density at radius 2 is 2.25 bits per heavy atom. The number of rotatable bonds is 2. The summed E-state index contributed by atoms with van der Waals surface area (Å²) < 4.78 is 5.29. The molecule has 88 valence electrons. The molecule has 0 aromatic carbocycles. The molecule has 0 aliphatic carbocycles. The van der Waals surface area contributed by atoms with Crippen molar-refractivity contribution in [1.82, 2.24) is 9.97 Å². The van der Waals surface area contributed by atoms with Gasteiger partial charge in [0.2, 0.25) is 0 Å². The van der Waals surface area contributed by atoms with Crippen molar-refractivity contribution in [3.63, 3.8) is 0 Å². The molecule has 7 nitrogen and oxygen atoms in total. The maximum absolute atomic E-state index is 11.4. The summed E-state index contributed by atoms with van der Waals surface area (Å²) in [6, 6.07) is 0. The molecule has 16 heavy (non-hydrogen) atoms. The van der Waals surface area contributed by atoms with E-state index in [1.54, 1.807) is 0 Å². The molecule has 3 atom stereocenters. The topological polar surface area (TPSA) is 115 Å². The van der Waals surface area contributed by atoms with Gasteiger partial charge in [-0.2, -0.15) is 0 Å². The molecule has 2 heterocycles. The molecular weight excluding hydrogens is 216 g/mol. The normalized spacial score (nSPS) is 29.5. The second kappa shape index (κ2) is 4.20. The SMILES string of the molecule is O=c1[nH]cc([C@@H]2O[C@H](CO)C[C@H]2O)c(=O)[nH]1. The Bertz CT molecular complexity index is 479. The van der Waals surface area contributed by atoms with Crippen LogP contribution in [0.3, 0.4) is 0 Å². The minimum atomic E-state index is -0.857. The molecule has 0 amide bonds. The van der Waals surface area contributed by atoms with Crippen molar-refractivity contribution < 1.29 is 14.9 Å². The minimum Gasteiger partial charge on any atom is -0.394 e. The summed E-state index contributed by atoms with van der Waals surface area (Å²) in [4.78, 5) is 26.6. The first-order valence-electron chi connectivity index (χ1n) is 4.88. The predicted octanol–water partition coefficient (Wildman–Crippen LogP) is -1.75. The molecule has 4 N–H and O–H groups in total. The van der Waals surface area contributed by atoms with E-state index >= 15 is 0 Å². The lowest BCUT2D eigenvalue weighted by atomic mass is 10.1. The van der Waals surface area contributed by atoms with Crippen molar-refractivity contribution in [2.75, 3.05) is 6.61 Å². The Morgan fingerprint density at radius 1 is 1.50 bits per heavy atom. The number of ether oxygens (including phenoxy) is 1. The van der Waals surface area contributed by atoms with Crippen molar-refractivity contribution >= 4 is 0 Å². The summed E-state index contributed by atoms with van der Waals surface area (Å²) in [7, 11) is 0. The van der Waals surface area contributed by atoms with Gasteiger partial charge in [-0.15, -0.1) is 0 Å². The van der Waals surface area contributed by atoms with Gasteiger partial charge < -0.3 is 19.9 Å². The van der Waals surface area contributed by atoms with Gasteiger partial charge in [-0.25, -0.2) is 4.79 Å². The zero-order valence-corrected chi connectivity index (χ0v) is 8.34. The fraction of sp³-hybridized carbons (Fsp3) is 0.556. The lowest BCUT2D eigenvalue weighted by molar-refractivity contribution is -0.0116. The lowest BCUT2D eigenvalue weighted by Crippen LogP contribution is -2.29. The molecule has 7 heteroatoms. The van der Waals surface area contributed by atoms with Crippen LogP contribution in [0.15, 0.2) is 15.8 Å². The molecule has 1 fully saturated rings. The summed E-state index contributed by atoms with van der Waals surface area (Å²) in [5.41, 5.74) is -1.05. The van der Waals surface area contributed by atoms with E-state index in [9.17, 15) is 14.7 Å². The first kappa shape index (κ1) is 11.1. The lowest BCUT2D eigenvalue weighted by Gasteiger charge is -2.12. The highest BCUT2D eigenvalue weighted by Gasteiger charge is 2.36. The number of hydrogen-bond acceptors (Lipinski definition) is 5. The van der Waals surface area contributed by atoms with E-state index in [1.807, 2.05) is 4.98 Å². The average molecular weight is 228 g/mol. The third kappa shape index (κ3) is 1.92. The third-order valence-corrected chi connectivity index (χ3v) is 2.55. The molecule has 0 radical (unpaired) electrons. The Balaban J connectivity index is 2.31. The van der Waals surface area contributed by atoms with E-state index in [0.29, 0.717) is 0 Å².